The van der Waals surface area contributed by atoms with Crippen LogP contribution < -0.4 is 0 Å². The van der Waals surface area contributed by atoms with Crippen molar-refractivity contribution in [2.75, 3.05) is 6.61 Å². The van der Waals surface area contributed by atoms with Crippen molar-refractivity contribution in [3.63, 3.8) is 0 Å². The first-order chi connectivity index (χ1) is 6.33. The second-order valence-corrected chi connectivity index (χ2v) is 2.58. The van der Waals surface area contributed by atoms with Crippen molar-refractivity contribution < 1.29 is 9.47 Å². The molecule has 0 bridgehead atoms. The molecule has 1 aromatic carbocycles. The van der Waals surface area contributed by atoms with Gasteiger partial charge in [-0.25, -0.2) is 0 Å². The quantitative estimate of drug-likeness (QED) is 0.645. The summed E-state index contributed by atoms with van der Waals surface area (Å²) in [7, 11) is 0. The number of ether oxygens (including phenoxy) is 2. The largest absolute Gasteiger partial charge is 0.466 e. The highest BCUT2D eigenvalue weighted by molar-refractivity contribution is 5.13. The van der Waals surface area contributed by atoms with Gasteiger partial charge in [0.05, 0.1) is 6.61 Å². The second kappa shape index (κ2) is 5.25. The van der Waals surface area contributed by atoms with E-state index in [9.17, 15) is 0 Å². The molecule has 0 fully saturated rings. The minimum absolute atomic E-state index is 0.381. The zero-order valence-corrected chi connectivity index (χ0v) is 7.82. The van der Waals surface area contributed by atoms with Crippen molar-refractivity contribution in [1.29, 1.82) is 0 Å². The summed E-state index contributed by atoms with van der Waals surface area (Å²) in [5.74, 6) is 0.381. The van der Waals surface area contributed by atoms with E-state index in [2.05, 4.69) is 6.58 Å². The Morgan fingerprint density at radius 2 is 1.92 bits per heavy atom. The zero-order valence-electron chi connectivity index (χ0n) is 7.82. The fourth-order valence-corrected chi connectivity index (χ4v) is 0.941. The molecule has 0 aromatic heterocycles. The Morgan fingerprint density at radius 3 is 2.54 bits per heavy atom. The summed E-state index contributed by atoms with van der Waals surface area (Å²) in [6.45, 7) is 6.62. The summed E-state index contributed by atoms with van der Waals surface area (Å²) in [6.07, 6.45) is 0. The van der Waals surface area contributed by atoms with Gasteiger partial charge in [-0.15, -0.1) is 0 Å². The molecule has 70 valence electrons. The van der Waals surface area contributed by atoms with Crippen LogP contribution in [-0.2, 0) is 16.1 Å². The lowest BCUT2D eigenvalue weighted by molar-refractivity contribution is 0.0345. The number of hydrogen-bond acceptors (Lipinski definition) is 2. The predicted octanol–water partition coefficient (Wildman–Crippen LogP) is 2.71. The highest BCUT2D eigenvalue weighted by Crippen LogP contribution is 2.04. The van der Waals surface area contributed by atoms with Crippen LogP contribution in [0.4, 0.5) is 0 Å². The zero-order chi connectivity index (χ0) is 9.52. The van der Waals surface area contributed by atoms with Crippen LogP contribution in [0.5, 0.6) is 0 Å². The summed E-state index contributed by atoms with van der Waals surface area (Å²) in [5, 5.41) is 0. The second-order valence-electron chi connectivity index (χ2n) is 2.58. The summed E-state index contributed by atoms with van der Waals surface area (Å²) in [5.41, 5.74) is 1.11. The van der Waals surface area contributed by atoms with Gasteiger partial charge in [0.15, 0.2) is 0 Å². The van der Waals surface area contributed by atoms with Crippen LogP contribution in [0.2, 0.25) is 0 Å². The van der Waals surface area contributed by atoms with Gasteiger partial charge in [0.25, 0.3) is 5.95 Å². The van der Waals surface area contributed by atoms with E-state index < -0.39 is 0 Å². The van der Waals surface area contributed by atoms with Crippen LogP contribution in [0.25, 0.3) is 0 Å². The van der Waals surface area contributed by atoms with Gasteiger partial charge in [-0.3, -0.25) is 0 Å². The molecule has 1 rings (SSSR count). The third-order valence-corrected chi connectivity index (χ3v) is 1.55. The topological polar surface area (TPSA) is 18.5 Å². The van der Waals surface area contributed by atoms with Crippen molar-refractivity contribution in [2.45, 2.75) is 13.5 Å². The van der Waals surface area contributed by atoms with Crippen molar-refractivity contribution in [3.05, 3.63) is 48.4 Å². The monoisotopic (exact) mass is 178 g/mol. The molecule has 0 aliphatic rings. The molecule has 0 aliphatic heterocycles. The molecule has 0 aliphatic carbocycles. The van der Waals surface area contributed by atoms with Gasteiger partial charge in [0.2, 0.25) is 0 Å². The van der Waals surface area contributed by atoms with E-state index in [0.717, 1.165) is 5.56 Å². The maximum atomic E-state index is 5.25. The predicted molar refractivity (Wildman–Crippen MR) is 52.0 cm³/mol. The molecule has 2 heteroatoms. The molecule has 0 saturated carbocycles. The van der Waals surface area contributed by atoms with Gasteiger partial charge < -0.3 is 9.47 Å². The van der Waals surface area contributed by atoms with Gasteiger partial charge in [-0.1, -0.05) is 30.3 Å². The first-order valence-corrected chi connectivity index (χ1v) is 4.31. The Labute approximate surface area is 78.8 Å². The lowest BCUT2D eigenvalue weighted by Gasteiger charge is -2.08. The van der Waals surface area contributed by atoms with E-state index in [1.54, 1.807) is 0 Å². The summed E-state index contributed by atoms with van der Waals surface area (Å²) in [6, 6.07) is 9.92. The number of benzene rings is 1. The summed E-state index contributed by atoms with van der Waals surface area (Å²) >= 11 is 0. The average molecular weight is 178 g/mol. The Balaban J connectivity index is 2.31. The van der Waals surface area contributed by atoms with Crippen LogP contribution in [0, 0.1) is 0 Å². The van der Waals surface area contributed by atoms with Crippen LogP contribution in [-0.4, -0.2) is 6.61 Å². The van der Waals surface area contributed by atoms with E-state index in [0.29, 0.717) is 19.2 Å². The fraction of sp³-hybridized carbons (Fsp3) is 0.273. The molecule has 0 amide bonds. The smallest absolute Gasteiger partial charge is 0.271 e. The lowest BCUT2D eigenvalue weighted by atomic mass is 10.2. The minimum atomic E-state index is 0.381. The van der Waals surface area contributed by atoms with Crippen LogP contribution in [0.3, 0.4) is 0 Å². The van der Waals surface area contributed by atoms with E-state index in [4.69, 9.17) is 9.47 Å². The minimum Gasteiger partial charge on any atom is -0.466 e. The van der Waals surface area contributed by atoms with Gasteiger partial charge in [0.1, 0.15) is 6.61 Å². The molecule has 0 spiro atoms. The Kier molecular flexibility index (Phi) is 3.89. The molecule has 0 radical (unpaired) electrons. The van der Waals surface area contributed by atoms with Crippen molar-refractivity contribution in [2.24, 2.45) is 0 Å². The van der Waals surface area contributed by atoms with E-state index in [1.807, 2.05) is 37.3 Å². The Bertz CT molecular complexity index is 254. The maximum Gasteiger partial charge on any atom is 0.271 e. The molecule has 0 saturated heterocycles. The Hall–Kier alpha value is -1.44. The van der Waals surface area contributed by atoms with Crippen molar-refractivity contribution in [3.8, 4) is 0 Å². The molecule has 2 nitrogen and oxygen atoms in total. The molecule has 0 atom stereocenters. The lowest BCUT2D eigenvalue weighted by Crippen LogP contribution is -1.96. The number of hydrogen-bond donors (Lipinski definition) is 0. The summed E-state index contributed by atoms with van der Waals surface area (Å²) in [4.78, 5) is 0. The molecule has 0 heterocycles. The maximum absolute atomic E-state index is 5.25. The highest BCUT2D eigenvalue weighted by atomic mass is 16.7. The molecule has 0 unspecified atom stereocenters. The first kappa shape index (κ1) is 9.65. The van der Waals surface area contributed by atoms with Gasteiger partial charge in [-0.2, -0.15) is 0 Å². The Morgan fingerprint density at radius 1 is 1.23 bits per heavy atom. The third-order valence-electron chi connectivity index (χ3n) is 1.55. The first-order valence-electron chi connectivity index (χ1n) is 4.31. The van der Waals surface area contributed by atoms with Gasteiger partial charge in [0, 0.05) is 0 Å². The van der Waals surface area contributed by atoms with Gasteiger partial charge in [-0.05, 0) is 19.1 Å². The molecular formula is C11H14O2. The van der Waals surface area contributed by atoms with Crippen LogP contribution in [0.15, 0.2) is 42.9 Å². The molecule has 13 heavy (non-hydrogen) atoms. The van der Waals surface area contributed by atoms with E-state index in [-0.39, 0.29) is 0 Å². The van der Waals surface area contributed by atoms with Crippen molar-refractivity contribution >= 4 is 0 Å². The van der Waals surface area contributed by atoms with Crippen LogP contribution >= 0.6 is 0 Å². The molecule has 0 N–H and O–H groups in total. The summed E-state index contributed by atoms with van der Waals surface area (Å²) < 4.78 is 10.3. The fourth-order valence-electron chi connectivity index (χ4n) is 0.941. The third kappa shape index (κ3) is 3.65. The highest BCUT2D eigenvalue weighted by Gasteiger charge is 1.94. The van der Waals surface area contributed by atoms with E-state index >= 15 is 0 Å². The van der Waals surface area contributed by atoms with E-state index in [1.165, 1.54) is 0 Å². The molecule has 1 aromatic rings. The SMILES string of the molecule is C=C(OCC)OCc1ccccc1. The average Bonchev–Trinajstić information content (AvgIpc) is 2.17. The van der Waals surface area contributed by atoms with Crippen LogP contribution in [0.1, 0.15) is 12.5 Å². The standard InChI is InChI=1S/C11H14O2/c1-3-12-10(2)13-9-11-7-5-4-6-8-11/h4-8H,2-3,9H2,1H3. The van der Waals surface area contributed by atoms with Gasteiger partial charge >= 0.3 is 0 Å². The number of rotatable bonds is 5. The molecular weight excluding hydrogens is 164 g/mol. The normalized spacial score (nSPS) is 9.31. The van der Waals surface area contributed by atoms with Crippen molar-refractivity contribution in [1.82, 2.24) is 0 Å².